The number of carbonyl (C=O) groups excluding carboxylic acids is 1. The van der Waals surface area contributed by atoms with E-state index in [0.717, 1.165) is 37.0 Å². The lowest BCUT2D eigenvalue weighted by Crippen LogP contribution is -2.38. The number of nitrogens with zero attached hydrogens (tertiary/aromatic N) is 1. The third kappa shape index (κ3) is 4.84. The van der Waals surface area contributed by atoms with Crippen LogP contribution in [0.2, 0.25) is 0 Å². The van der Waals surface area contributed by atoms with E-state index in [9.17, 15) is 4.79 Å². The summed E-state index contributed by atoms with van der Waals surface area (Å²) in [6.07, 6.45) is 5.84. The highest BCUT2D eigenvalue weighted by Crippen LogP contribution is 2.28. The van der Waals surface area contributed by atoms with E-state index in [-0.39, 0.29) is 11.8 Å². The van der Waals surface area contributed by atoms with Crippen molar-refractivity contribution in [3.8, 4) is 5.75 Å². The Balaban J connectivity index is 2.01. The first kappa shape index (κ1) is 18.5. The van der Waals surface area contributed by atoms with Gasteiger partial charge in [-0.3, -0.25) is 4.79 Å². The number of carbonyl (C=O) groups is 1. The van der Waals surface area contributed by atoms with Crippen molar-refractivity contribution < 1.29 is 14.3 Å². The van der Waals surface area contributed by atoms with Crippen molar-refractivity contribution in [3.05, 3.63) is 42.5 Å². The maximum atomic E-state index is 12.9. The quantitative estimate of drug-likeness (QED) is 0.680. The predicted octanol–water partition coefficient (Wildman–Crippen LogP) is 3.81. The van der Waals surface area contributed by atoms with Crippen molar-refractivity contribution in [2.45, 2.75) is 45.3 Å². The molecule has 1 fully saturated rings. The highest BCUT2D eigenvalue weighted by molar-refractivity contribution is 5.79. The van der Waals surface area contributed by atoms with E-state index >= 15 is 0 Å². The van der Waals surface area contributed by atoms with Crippen molar-refractivity contribution in [1.82, 2.24) is 4.90 Å². The van der Waals surface area contributed by atoms with Crippen molar-refractivity contribution >= 4 is 5.91 Å². The lowest BCUT2D eigenvalue weighted by Gasteiger charge is -2.31. The van der Waals surface area contributed by atoms with Crippen LogP contribution in [0.4, 0.5) is 0 Å². The van der Waals surface area contributed by atoms with Gasteiger partial charge in [0.05, 0.1) is 6.10 Å². The Morgan fingerprint density at radius 2 is 2.00 bits per heavy atom. The minimum atomic E-state index is 0.123. The normalized spacial score (nSPS) is 20.4. The zero-order chi connectivity index (χ0) is 17.4. The molecule has 0 aliphatic heterocycles. The number of para-hydroxylation sites is 1. The summed E-state index contributed by atoms with van der Waals surface area (Å²) < 4.78 is 11.1. The zero-order valence-electron chi connectivity index (χ0n) is 14.9. The summed E-state index contributed by atoms with van der Waals surface area (Å²) in [5.41, 5.74) is 1.04. The number of rotatable bonds is 8. The molecule has 0 unspecified atom stereocenters. The summed E-state index contributed by atoms with van der Waals surface area (Å²) >= 11 is 0. The Bertz CT molecular complexity index is 535. The highest BCUT2D eigenvalue weighted by Gasteiger charge is 2.29. The largest absolute Gasteiger partial charge is 0.489 e. The Morgan fingerprint density at radius 1 is 1.29 bits per heavy atom. The van der Waals surface area contributed by atoms with Gasteiger partial charge in [0.15, 0.2) is 0 Å². The van der Waals surface area contributed by atoms with Gasteiger partial charge in [0, 0.05) is 31.7 Å². The Kier molecular flexibility index (Phi) is 7.32. The van der Waals surface area contributed by atoms with E-state index in [1.165, 1.54) is 0 Å². The maximum absolute atomic E-state index is 12.9. The lowest BCUT2D eigenvalue weighted by atomic mass is 9.86. The summed E-state index contributed by atoms with van der Waals surface area (Å²) in [5.74, 6) is 1.20. The van der Waals surface area contributed by atoms with Gasteiger partial charge in [0.25, 0.3) is 0 Å². The number of ether oxygens (including phenoxy) is 2. The molecule has 1 amide bonds. The second-order valence-corrected chi connectivity index (χ2v) is 6.27. The van der Waals surface area contributed by atoms with Crippen LogP contribution >= 0.6 is 0 Å². The molecule has 1 aliphatic carbocycles. The third-order valence-electron chi connectivity index (χ3n) is 4.74. The van der Waals surface area contributed by atoms with Crippen LogP contribution in [0.3, 0.4) is 0 Å². The molecule has 0 atom stereocenters. The molecule has 0 saturated heterocycles. The molecule has 0 aromatic heterocycles. The van der Waals surface area contributed by atoms with Crippen LogP contribution in [-0.4, -0.2) is 37.2 Å². The molecule has 1 aromatic rings. The van der Waals surface area contributed by atoms with Gasteiger partial charge in [0.2, 0.25) is 5.91 Å². The summed E-state index contributed by atoms with van der Waals surface area (Å²) in [7, 11) is 1.76. The van der Waals surface area contributed by atoms with Crippen molar-refractivity contribution in [3.63, 3.8) is 0 Å². The Hall–Kier alpha value is -1.81. The van der Waals surface area contributed by atoms with E-state index in [2.05, 4.69) is 6.58 Å². The fourth-order valence-electron chi connectivity index (χ4n) is 3.28. The molecule has 0 N–H and O–H groups in total. The van der Waals surface area contributed by atoms with E-state index in [0.29, 0.717) is 25.8 Å². The molecule has 0 heterocycles. The van der Waals surface area contributed by atoms with Gasteiger partial charge in [-0.05, 0) is 38.7 Å². The minimum absolute atomic E-state index is 0.123. The summed E-state index contributed by atoms with van der Waals surface area (Å²) in [6, 6.07) is 7.90. The molecular weight excluding hydrogens is 302 g/mol. The second kappa shape index (κ2) is 9.48. The lowest BCUT2D eigenvalue weighted by molar-refractivity contribution is -0.137. The Morgan fingerprint density at radius 3 is 2.62 bits per heavy atom. The molecule has 24 heavy (non-hydrogen) atoms. The summed E-state index contributed by atoms with van der Waals surface area (Å²) in [4.78, 5) is 14.8. The molecule has 4 nitrogen and oxygen atoms in total. The Labute approximate surface area is 145 Å². The van der Waals surface area contributed by atoms with E-state index in [1.807, 2.05) is 36.1 Å². The average molecular weight is 331 g/mol. The molecule has 1 saturated carbocycles. The summed E-state index contributed by atoms with van der Waals surface area (Å²) in [6.45, 7) is 7.49. The SMILES string of the molecule is C=CCOc1ccccc1CN(CC)C(=O)C1CCC(OC)CC1. The van der Waals surface area contributed by atoms with Crippen LogP contribution < -0.4 is 4.74 Å². The zero-order valence-corrected chi connectivity index (χ0v) is 14.9. The van der Waals surface area contributed by atoms with Crippen LogP contribution in [0.1, 0.15) is 38.2 Å². The summed E-state index contributed by atoms with van der Waals surface area (Å²) in [5, 5.41) is 0. The molecule has 0 radical (unpaired) electrons. The maximum Gasteiger partial charge on any atom is 0.225 e. The van der Waals surface area contributed by atoms with Gasteiger partial charge < -0.3 is 14.4 Å². The first-order valence-corrected chi connectivity index (χ1v) is 8.82. The molecule has 1 aliphatic rings. The number of hydrogen-bond donors (Lipinski definition) is 0. The van der Waals surface area contributed by atoms with E-state index in [4.69, 9.17) is 9.47 Å². The predicted molar refractivity (Wildman–Crippen MR) is 96.0 cm³/mol. The minimum Gasteiger partial charge on any atom is -0.489 e. The van der Waals surface area contributed by atoms with Crippen LogP contribution in [0.5, 0.6) is 5.75 Å². The molecule has 2 rings (SSSR count). The molecule has 4 heteroatoms. The molecule has 132 valence electrons. The van der Waals surface area contributed by atoms with Crippen LogP contribution in [0.25, 0.3) is 0 Å². The molecule has 0 spiro atoms. The van der Waals surface area contributed by atoms with Gasteiger partial charge in [-0.25, -0.2) is 0 Å². The van der Waals surface area contributed by atoms with Crippen molar-refractivity contribution in [2.24, 2.45) is 5.92 Å². The van der Waals surface area contributed by atoms with Gasteiger partial charge in [0.1, 0.15) is 12.4 Å². The van der Waals surface area contributed by atoms with E-state index < -0.39 is 0 Å². The standard InChI is InChI=1S/C20H29NO3/c1-4-14-24-19-9-7-6-8-17(19)15-21(5-2)20(22)16-10-12-18(23-3)13-11-16/h4,6-9,16,18H,1,5,10-15H2,2-3H3. The topological polar surface area (TPSA) is 38.8 Å². The van der Waals surface area contributed by atoms with Gasteiger partial charge in [-0.1, -0.05) is 30.9 Å². The van der Waals surface area contributed by atoms with Gasteiger partial charge in [-0.15, -0.1) is 0 Å². The molecule has 1 aromatic carbocycles. The van der Waals surface area contributed by atoms with Gasteiger partial charge in [-0.2, -0.15) is 0 Å². The molecule has 0 bridgehead atoms. The van der Waals surface area contributed by atoms with E-state index in [1.54, 1.807) is 13.2 Å². The fraction of sp³-hybridized carbons (Fsp3) is 0.550. The van der Waals surface area contributed by atoms with Crippen LogP contribution in [-0.2, 0) is 16.1 Å². The number of methoxy groups -OCH3 is 1. The van der Waals surface area contributed by atoms with Crippen LogP contribution in [0, 0.1) is 5.92 Å². The smallest absolute Gasteiger partial charge is 0.225 e. The van der Waals surface area contributed by atoms with Crippen LogP contribution in [0.15, 0.2) is 36.9 Å². The number of hydrogen-bond acceptors (Lipinski definition) is 3. The van der Waals surface area contributed by atoms with Crippen molar-refractivity contribution in [2.75, 3.05) is 20.3 Å². The first-order valence-electron chi connectivity index (χ1n) is 8.82. The number of benzene rings is 1. The highest BCUT2D eigenvalue weighted by atomic mass is 16.5. The molecular formula is C20H29NO3. The third-order valence-corrected chi connectivity index (χ3v) is 4.74. The average Bonchev–Trinajstić information content (AvgIpc) is 2.64. The monoisotopic (exact) mass is 331 g/mol. The van der Waals surface area contributed by atoms with Gasteiger partial charge >= 0.3 is 0 Å². The second-order valence-electron chi connectivity index (χ2n) is 6.27. The van der Waals surface area contributed by atoms with Crippen molar-refractivity contribution in [1.29, 1.82) is 0 Å². The first-order chi connectivity index (χ1) is 11.7. The fourth-order valence-corrected chi connectivity index (χ4v) is 3.28. The number of amides is 1.